The maximum Gasteiger partial charge on any atom is 0.333 e. The standard InChI is InChI=1S/C21H34O11/c1-10-4-3-5-11(2)19(27)32-18-14(23)12(22)8-29-21(18)30-9-13-15(24)16(25)17(26)20(31-13)28-7-6-10/h5,10,12-18,20-26H,3-4,6-9H2,1-2H3/b11-5+/t10?,12-,13+,14-,15+,16-,17+,18+,20+,21-/m0/s1. The highest BCUT2D eigenvalue weighted by Gasteiger charge is 2.47. The molecule has 10 atom stereocenters. The zero-order chi connectivity index (χ0) is 23.4. The van der Waals surface area contributed by atoms with Gasteiger partial charge in [-0.3, -0.25) is 0 Å². The second-order valence-corrected chi connectivity index (χ2v) is 8.71. The zero-order valence-corrected chi connectivity index (χ0v) is 18.3. The highest BCUT2D eigenvalue weighted by Crippen LogP contribution is 2.26. The Labute approximate surface area is 186 Å². The van der Waals surface area contributed by atoms with Crippen LogP contribution in [0.15, 0.2) is 11.6 Å². The van der Waals surface area contributed by atoms with Crippen LogP contribution in [0.5, 0.6) is 0 Å². The second kappa shape index (κ2) is 11.3. The van der Waals surface area contributed by atoms with Crippen LogP contribution in [0.4, 0.5) is 0 Å². The van der Waals surface area contributed by atoms with Crippen LogP contribution in [0.2, 0.25) is 0 Å². The summed E-state index contributed by atoms with van der Waals surface area (Å²) in [4.78, 5) is 12.5. The van der Waals surface area contributed by atoms with Crippen LogP contribution in [0.1, 0.15) is 33.1 Å². The maximum atomic E-state index is 12.5. The fraction of sp³-hybridized carbons (Fsp3) is 0.857. The van der Waals surface area contributed by atoms with Gasteiger partial charge in [0.25, 0.3) is 0 Å². The molecular weight excluding hydrogens is 428 g/mol. The first-order valence-corrected chi connectivity index (χ1v) is 11.0. The molecule has 3 heterocycles. The van der Waals surface area contributed by atoms with Crippen LogP contribution in [-0.2, 0) is 28.5 Å². The van der Waals surface area contributed by atoms with Crippen molar-refractivity contribution in [3.8, 4) is 0 Å². The van der Waals surface area contributed by atoms with Crippen LogP contribution in [-0.4, -0.2) is 107 Å². The van der Waals surface area contributed by atoms with Gasteiger partial charge in [-0.1, -0.05) is 13.0 Å². The first-order chi connectivity index (χ1) is 15.2. The molecule has 0 amide bonds. The number of esters is 1. The summed E-state index contributed by atoms with van der Waals surface area (Å²) in [6, 6.07) is 0. The van der Waals surface area contributed by atoms with Gasteiger partial charge in [0, 0.05) is 5.57 Å². The van der Waals surface area contributed by atoms with Gasteiger partial charge >= 0.3 is 5.97 Å². The molecule has 2 saturated heterocycles. The van der Waals surface area contributed by atoms with E-state index in [2.05, 4.69) is 0 Å². The van der Waals surface area contributed by atoms with Crippen molar-refractivity contribution in [2.75, 3.05) is 19.8 Å². The van der Waals surface area contributed by atoms with Crippen LogP contribution in [0, 0.1) is 5.92 Å². The molecule has 0 aromatic carbocycles. The Morgan fingerprint density at radius 3 is 2.34 bits per heavy atom. The number of carbonyl (C=O) groups excluding carboxylic acids is 1. The van der Waals surface area contributed by atoms with E-state index in [1.165, 1.54) is 0 Å². The van der Waals surface area contributed by atoms with Crippen LogP contribution >= 0.6 is 0 Å². The molecule has 11 nitrogen and oxygen atoms in total. The minimum atomic E-state index is -1.53. The Bertz CT molecular complexity index is 656. The van der Waals surface area contributed by atoms with Crippen molar-refractivity contribution >= 4 is 5.97 Å². The number of hydrogen-bond acceptors (Lipinski definition) is 11. The van der Waals surface area contributed by atoms with E-state index in [1.807, 2.05) is 6.92 Å². The van der Waals surface area contributed by atoms with E-state index in [0.29, 0.717) is 18.4 Å². The van der Waals surface area contributed by atoms with Crippen molar-refractivity contribution in [1.82, 2.24) is 0 Å². The number of hydrogen-bond donors (Lipinski definition) is 5. The number of aliphatic hydroxyl groups excluding tert-OH is 5. The van der Waals surface area contributed by atoms with E-state index in [0.717, 1.165) is 6.42 Å². The molecule has 2 fully saturated rings. The van der Waals surface area contributed by atoms with Crippen LogP contribution in [0.25, 0.3) is 0 Å². The Balaban J connectivity index is 1.80. The SMILES string of the molecule is C/C1=C\CCC(C)CCO[C@@H]2O[C@H](CO[C@@H]3OC[C@H](O)[C@H](O)[C@H]3OC1=O)[C@@H](O)[C@H](O)[C@H]2O. The molecule has 3 aliphatic heterocycles. The van der Waals surface area contributed by atoms with Gasteiger partial charge in [0.2, 0.25) is 0 Å². The van der Waals surface area contributed by atoms with Crippen molar-refractivity contribution < 1.29 is 54.0 Å². The monoisotopic (exact) mass is 462 g/mol. The molecule has 11 heteroatoms. The van der Waals surface area contributed by atoms with Gasteiger partial charge < -0.3 is 49.2 Å². The third-order valence-electron chi connectivity index (χ3n) is 6.09. The summed E-state index contributed by atoms with van der Waals surface area (Å²) < 4.78 is 27.6. The first-order valence-electron chi connectivity index (χ1n) is 11.0. The molecule has 0 radical (unpaired) electrons. The minimum absolute atomic E-state index is 0.245. The Hall–Kier alpha value is -1.15. The van der Waals surface area contributed by atoms with Gasteiger partial charge in [-0.25, -0.2) is 4.79 Å². The zero-order valence-electron chi connectivity index (χ0n) is 18.3. The summed E-state index contributed by atoms with van der Waals surface area (Å²) in [5.41, 5.74) is 0.352. The van der Waals surface area contributed by atoms with Crippen molar-refractivity contribution in [2.24, 2.45) is 5.92 Å². The summed E-state index contributed by atoms with van der Waals surface area (Å²) in [6.45, 7) is 3.31. The van der Waals surface area contributed by atoms with Gasteiger partial charge in [0.15, 0.2) is 18.7 Å². The predicted molar refractivity (Wildman–Crippen MR) is 107 cm³/mol. The van der Waals surface area contributed by atoms with Crippen molar-refractivity contribution in [2.45, 2.75) is 88.4 Å². The molecule has 0 aromatic heterocycles. The minimum Gasteiger partial charge on any atom is -0.451 e. The number of aliphatic hydroxyl groups is 5. The largest absolute Gasteiger partial charge is 0.451 e. The molecule has 3 rings (SSSR count). The Morgan fingerprint density at radius 2 is 1.59 bits per heavy atom. The molecule has 32 heavy (non-hydrogen) atoms. The molecule has 0 saturated carbocycles. The van der Waals surface area contributed by atoms with E-state index in [-0.39, 0.29) is 25.7 Å². The molecule has 5 N–H and O–H groups in total. The summed E-state index contributed by atoms with van der Waals surface area (Å²) in [6.07, 6.45) is -8.22. The van der Waals surface area contributed by atoms with Crippen molar-refractivity contribution in [3.63, 3.8) is 0 Å². The lowest BCUT2D eigenvalue weighted by Gasteiger charge is -2.42. The average molecular weight is 462 g/mol. The lowest BCUT2D eigenvalue weighted by Crippen LogP contribution is -2.60. The Kier molecular flexibility index (Phi) is 9.01. The smallest absolute Gasteiger partial charge is 0.333 e. The highest BCUT2D eigenvalue weighted by atomic mass is 16.7. The molecule has 0 aliphatic carbocycles. The number of allylic oxidation sites excluding steroid dienone is 1. The van der Waals surface area contributed by atoms with Gasteiger partial charge in [-0.2, -0.15) is 0 Å². The number of ether oxygens (including phenoxy) is 5. The van der Waals surface area contributed by atoms with Crippen molar-refractivity contribution in [3.05, 3.63) is 11.6 Å². The second-order valence-electron chi connectivity index (χ2n) is 8.71. The van der Waals surface area contributed by atoms with Crippen molar-refractivity contribution in [1.29, 1.82) is 0 Å². The number of fused-ring (bicyclic) bond motifs is 3. The third-order valence-corrected chi connectivity index (χ3v) is 6.09. The van der Waals surface area contributed by atoms with Gasteiger partial charge in [-0.15, -0.1) is 0 Å². The van der Waals surface area contributed by atoms with E-state index in [1.54, 1.807) is 13.0 Å². The number of rotatable bonds is 0. The highest BCUT2D eigenvalue weighted by molar-refractivity contribution is 5.87. The molecule has 2 bridgehead atoms. The summed E-state index contributed by atoms with van der Waals surface area (Å²) in [5.74, 6) is -0.428. The van der Waals surface area contributed by atoms with E-state index in [4.69, 9.17) is 23.7 Å². The lowest BCUT2D eigenvalue weighted by atomic mass is 9.99. The summed E-state index contributed by atoms with van der Waals surface area (Å²) in [7, 11) is 0. The van der Waals surface area contributed by atoms with Gasteiger partial charge in [0.05, 0.1) is 19.8 Å². The molecule has 3 aliphatic rings. The third kappa shape index (κ3) is 6.04. The predicted octanol–water partition coefficient (Wildman–Crippen LogP) is -1.42. The van der Waals surface area contributed by atoms with E-state index < -0.39 is 61.3 Å². The molecule has 184 valence electrons. The van der Waals surface area contributed by atoms with Gasteiger partial charge in [-0.05, 0) is 32.1 Å². The topological polar surface area (TPSA) is 164 Å². The van der Waals surface area contributed by atoms with Crippen LogP contribution < -0.4 is 0 Å². The summed E-state index contributed by atoms with van der Waals surface area (Å²) >= 11 is 0. The van der Waals surface area contributed by atoms with E-state index >= 15 is 0 Å². The maximum absolute atomic E-state index is 12.5. The summed E-state index contributed by atoms with van der Waals surface area (Å²) in [5, 5.41) is 51.0. The van der Waals surface area contributed by atoms with Gasteiger partial charge in [0.1, 0.15) is 36.6 Å². The lowest BCUT2D eigenvalue weighted by molar-refractivity contribution is -0.321. The average Bonchev–Trinajstić information content (AvgIpc) is 2.76. The fourth-order valence-corrected chi connectivity index (χ4v) is 3.83. The van der Waals surface area contributed by atoms with Crippen LogP contribution in [0.3, 0.4) is 0 Å². The quantitative estimate of drug-likeness (QED) is 0.268. The normalized spacial score (nSPS) is 46.8. The first kappa shape index (κ1) is 25.5. The molecular formula is C21H34O11. The molecule has 0 spiro atoms. The van der Waals surface area contributed by atoms with E-state index in [9.17, 15) is 30.3 Å². The molecule has 1 unspecified atom stereocenters. The fourth-order valence-electron chi connectivity index (χ4n) is 3.83. The Morgan fingerprint density at radius 1 is 0.875 bits per heavy atom. The molecule has 0 aromatic rings. The number of carbonyl (C=O) groups is 1.